The van der Waals surface area contributed by atoms with Gasteiger partial charge in [-0.3, -0.25) is 9.79 Å². The zero-order chi connectivity index (χ0) is 17.5. The molecule has 0 bridgehead atoms. The van der Waals surface area contributed by atoms with E-state index in [0.717, 1.165) is 12.1 Å². The first kappa shape index (κ1) is 17.5. The minimum absolute atomic E-state index is 0.0799. The van der Waals surface area contributed by atoms with Gasteiger partial charge >= 0.3 is 0 Å². The highest BCUT2D eigenvalue weighted by Crippen LogP contribution is 2.10. The third kappa shape index (κ3) is 4.80. The fraction of sp³-hybridized carbons (Fsp3) is 0.250. The monoisotopic (exact) mass is 336 g/mol. The van der Waals surface area contributed by atoms with Crippen molar-refractivity contribution in [1.82, 2.24) is 10.6 Å². The number of nitrogens with zero attached hydrogens (tertiary/aromatic N) is 1. The number of furan rings is 1. The Hall–Kier alpha value is -2.90. The molecule has 128 valence electrons. The number of halogens is 2. The van der Waals surface area contributed by atoms with E-state index < -0.39 is 17.5 Å². The lowest BCUT2D eigenvalue weighted by Gasteiger charge is -2.11. The predicted molar refractivity (Wildman–Crippen MR) is 85.5 cm³/mol. The van der Waals surface area contributed by atoms with Gasteiger partial charge in [-0.25, -0.2) is 8.78 Å². The lowest BCUT2D eigenvalue weighted by atomic mass is 10.1. The van der Waals surface area contributed by atoms with Crippen molar-refractivity contribution in [2.45, 2.75) is 13.0 Å². The van der Waals surface area contributed by atoms with Gasteiger partial charge in [0.2, 0.25) is 0 Å². The first-order valence-electron chi connectivity index (χ1n) is 7.26. The SMILES string of the molecule is CN=C(NCCc1cc(F)ccc1F)NCc1ccc(C(N)=O)o1. The maximum atomic E-state index is 13.5. The average Bonchev–Trinajstić information content (AvgIpc) is 3.03. The van der Waals surface area contributed by atoms with Gasteiger partial charge in [0.05, 0.1) is 6.54 Å². The molecule has 0 fully saturated rings. The molecular formula is C16H18F2N4O2. The van der Waals surface area contributed by atoms with Crippen LogP contribution < -0.4 is 16.4 Å². The van der Waals surface area contributed by atoms with Crippen LogP contribution in [0.25, 0.3) is 0 Å². The largest absolute Gasteiger partial charge is 0.454 e. The molecule has 2 aromatic rings. The van der Waals surface area contributed by atoms with Crippen molar-refractivity contribution in [3.63, 3.8) is 0 Å². The fourth-order valence-corrected chi connectivity index (χ4v) is 2.05. The van der Waals surface area contributed by atoms with Crippen LogP contribution in [0.2, 0.25) is 0 Å². The van der Waals surface area contributed by atoms with Crippen molar-refractivity contribution in [2.75, 3.05) is 13.6 Å². The Morgan fingerprint density at radius 1 is 1.25 bits per heavy atom. The molecule has 1 aromatic carbocycles. The highest BCUT2D eigenvalue weighted by Gasteiger charge is 2.08. The van der Waals surface area contributed by atoms with E-state index in [-0.39, 0.29) is 11.3 Å². The number of rotatable bonds is 6. The van der Waals surface area contributed by atoms with Gasteiger partial charge in [0.1, 0.15) is 17.4 Å². The second-order valence-corrected chi connectivity index (χ2v) is 4.97. The van der Waals surface area contributed by atoms with E-state index in [9.17, 15) is 13.6 Å². The predicted octanol–water partition coefficient (Wildman–Crippen LogP) is 1.56. The quantitative estimate of drug-likeness (QED) is 0.551. The van der Waals surface area contributed by atoms with Crippen LogP contribution in [-0.2, 0) is 13.0 Å². The molecule has 1 amide bonds. The standard InChI is InChI=1S/C16H18F2N4O2/c1-20-16(22-9-12-3-5-14(24-12)15(19)23)21-7-6-10-8-11(17)2-4-13(10)18/h2-5,8H,6-7,9H2,1H3,(H2,19,23)(H2,20,21,22). The number of carbonyl (C=O) groups is 1. The minimum Gasteiger partial charge on any atom is -0.454 e. The Morgan fingerprint density at radius 2 is 2.04 bits per heavy atom. The van der Waals surface area contributed by atoms with Gasteiger partial charge in [0.15, 0.2) is 11.7 Å². The molecule has 8 heteroatoms. The van der Waals surface area contributed by atoms with Gasteiger partial charge in [-0.15, -0.1) is 0 Å². The summed E-state index contributed by atoms with van der Waals surface area (Å²) >= 11 is 0. The van der Waals surface area contributed by atoms with Crippen molar-refractivity contribution in [2.24, 2.45) is 10.7 Å². The van der Waals surface area contributed by atoms with Crippen molar-refractivity contribution < 1.29 is 18.0 Å². The molecular weight excluding hydrogens is 318 g/mol. The highest BCUT2D eigenvalue weighted by atomic mass is 19.1. The number of nitrogens with two attached hydrogens (primary N) is 1. The lowest BCUT2D eigenvalue weighted by Crippen LogP contribution is -2.37. The number of benzene rings is 1. The number of amides is 1. The van der Waals surface area contributed by atoms with E-state index in [1.807, 2.05) is 0 Å². The van der Waals surface area contributed by atoms with Crippen molar-refractivity contribution in [3.05, 3.63) is 59.1 Å². The smallest absolute Gasteiger partial charge is 0.284 e. The molecule has 0 atom stereocenters. The van der Waals surface area contributed by atoms with Crippen molar-refractivity contribution >= 4 is 11.9 Å². The molecule has 6 nitrogen and oxygen atoms in total. The second kappa shape index (κ2) is 8.09. The van der Waals surface area contributed by atoms with E-state index >= 15 is 0 Å². The van der Waals surface area contributed by atoms with Crippen molar-refractivity contribution in [3.8, 4) is 0 Å². The third-order valence-corrected chi connectivity index (χ3v) is 3.25. The molecule has 2 rings (SSSR count). The van der Waals surface area contributed by atoms with Gasteiger partial charge in [-0.2, -0.15) is 0 Å². The number of aliphatic imine (C=N–C) groups is 1. The van der Waals surface area contributed by atoms with Crippen LogP contribution in [0.4, 0.5) is 8.78 Å². The van der Waals surface area contributed by atoms with E-state index in [2.05, 4.69) is 15.6 Å². The van der Waals surface area contributed by atoms with E-state index in [0.29, 0.717) is 31.2 Å². The normalized spacial score (nSPS) is 11.4. The molecule has 4 N–H and O–H groups in total. The molecule has 24 heavy (non-hydrogen) atoms. The Morgan fingerprint density at radius 3 is 2.71 bits per heavy atom. The fourth-order valence-electron chi connectivity index (χ4n) is 2.05. The molecule has 0 unspecified atom stereocenters. The van der Waals surface area contributed by atoms with Crippen LogP contribution >= 0.6 is 0 Å². The number of nitrogens with one attached hydrogen (secondary N) is 2. The lowest BCUT2D eigenvalue weighted by molar-refractivity contribution is 0.0972. The average molecular weight is 336 g/mol. The van der Waals surface area contributed by atoms with Crippen LogP contribution in [0, 0.1) is 11.6 Å². The number of carbonyl (C=O) groups excluding carboxylic acids is 1. The molecule has 0 saturated carbocycles. The van der Waals surface area contributed by atoms with E-state index in [1.165, 1.54) is 12.1 Å². The van der Waals surface area contributed by atoms with Gasteiger partial charge < -0.3 is 20.8 Å². The summed E-state index contributed by atoms with van der Waals surface area (Å²) in [5.41, 5.74) is 5.39. The first-order chi connectivity index (χ1) is 11.5. The van der Waals surface area contributed by atoms with Crippen molar-refractivity contribution in [1.29, 1.82) is 0 Å². The molecule has 1 heterocycles. The molecule has 0 saturated heterocycles. The Kier molecular flexibility index (Phi) is 5.89. The third-order valence-electron chi connectivity index (χ3n) is 3.25. The molecule has 1 aromatic heterocycles. The molecule has 0 aliphatic rings. The summed E-state index contributed by atoms with van der Waals surface area (Å²) in [6.07, 6.45) is 0.302. The number of guanidine groups is 1. The van der Waals surface area contributed by atoms with Crippen LogP contribution in [0.5, 0.6) is 0 Å². The summed E-state index contributed by atoms with van der Waals surface area (Å²) in [5, 5.41) is 5.96. The zero-order valence-electron chi connectivity index (χ0n) is 13.1. The Labute approximate surface area is 137 Å². The van der Waals surface area contributed by atoms with E-state index in [4.69, 9.17) is 10.2 Å². The Balaban J connectivity index is 1.82. The highest BCUT2D eigenvalue weighted by molar-refractivity contribution is 5.89. The summed E-state index contributed by atoms with van der Waals surface area (Å²) in [7, 11) is 1.58. The van der Waals surface area contributed by atoms with E-state index in [1.54, 1.807) is 13.1 Å². The minimum atomic E-state index is -0.638. The van der Waals surface area contributed by atoms with Gasteiger partial charge in [0.25, 0.3) is 5.91 Å². The molecule has 0 spiro atoms. The number of primary amides is 1. The van der Waals surface area contributed by atoms with Crippen LogP contribution in [0.3, 0.4) is 0 Å². The summed E-state index contributed by atoms with van der Waals surface area (Å²) < 4.78 is 31.9. The first-order valence-corrected chi connectivity index (χ1v) is 7.26. The Bertz CT molecular complexity index is 743. The summed E-state index contributed by atoms with van der Waals surface area (Å²) in [6, 6.07) is 6.47. The molecule has 0 aliphatic heterocycles. The van der Waals surface area contributed by atoms with Gasteiger partial charge in [0, 0.05) is 13.6 Å². The molecule has 0 aliphatic carbocycles. The van der Waals surface area contributed by atoms with Crippen LogP contribution in [-0.4, -0.2) is 25.5 Å². The van der Waals surface area contributed by atoms with Crippen LogP contribution in [0.1, 0.15) is 21.9 Å². The van der Waals surface area contributed by atoms with Gasteiger partial charge in [-0.05, 0) is 42.3 Å². The van der Waals surface area contributed by atoms with Gasteiger partial charge in [-0.1, -0.05) is 0 Å². The maximum Gasteiger partial charge on any atom is 0.284 e. The number of hydrogen-bond donors (Lipinski definition) is 3. The summed E-state index contributed by atoms with van der Waals surface area (Å²) in [6.45, 7) is 0.659. The molecule has 0 radical (unpaired) electrons. The maximum absolute atomic E-state index is 13.5. The zero-order valence-corrected chi connectivity index (χ0v) is 13.1. The summed E-state index contributed by atoms with van der Waals surface area (Å²) in [5.74, 6) is -0.503. The number of hydrogen-bond acceptors (Lipinski definition) is 3. The topological polar surface area (TPSA) is 92.6 Å². The second-order valence-electron chi connectivity index (χ2n) is 4.97. The van der Waals surface area contributed by atoms with Crippen LogP contribution in [0.15, 0.2) is 39.7 Å². The summed E-state index contributed by atoms with van der Waals surface area (Å²) in [4.78, 5) is 15.0.